The average molecular weight is 348 g/mol. The summed E-state index contributed by atoms with van der Waals surface area (Å²) < 4.78 is 0. The molecule has 0 atom stereocenters. The first-order valence-corrected chi connectivity index (χ1v) is 8.61. The molecule has 0 aliphatic carbocycles. The second-order valence-electron chi connectivity index (χ2n) is 5.87. The predicted molar refractivity (Wildman–Crippen MR) is 99.4 cm³/mol. The molecule has 0 aliphatic rings. The second-order valence-corrected chi connectivity index (χ2v) is 5.87. The fourth-order valence-corrected chi connectivity index (χ4v) is 2.30. The van der Waals surface area contributed by atoms with E-state index in [9.17, 15) is 14.4 Å². The van der Waals surface area contributed by atoms with Gasteiger partial charge in [-0.25, -0.2) is 0 Å². The van der Waals surface area contributed by atoms with Gasteiger partial charge < -0.3 is 16.0 Å². The largest absolute Gasteiger partial charge is 0.355 e. The molecule has 0 unspecified atom stereocenters. The van der Waals surface area contributed by atoms with Gasteiger partial charge >= 0.3 is 0 Å². The molecule has 0 saturated carbocycles. The summed E-state index contributed by atoms with van der Waals surface area (Å²) in [6.45, 7) is 7.13. The van der Waals surface area contributed by atoms with Crippen LogP contribution in [0.25, 0.3) is 0 Å². The molecule has 7 heteroatoms. The Morgan fingerprint density at radius 2 is 1.44 bits per heavy atom. The average Bonchev–Trinajstić information content (AvgIpc) is 2.54. The maximum atomic E-state index is 12.2. The van der Waals surface area contributed by atoms with Crippen molar-refractivity contribution in [1.29, 1.82) is 0 Å². The first kappa shape index (κ1) is 20.6. The minimum atomic E-state index is -0.177. The Bertz CT molecular complexity index is 572. The summed E-state index contributed by atoms with van der Waals surface area (Å²) in [5.41, 5.74) is 1.32. The predicted octanol–water partition coefficient (Wildman–Crippen LogP) is 1.82. The third-order valence-corrected chi connectivity index (χ3v) is 3.34. The van der Waals surface area contributed by atoms with Crippen LogP contribution in [0.1, 0.15) is 33.6 Å². The number of anilines is 2. The fraction of sp³-hybridized carbons (Fsp3) is 0.500. The molecular formula is C18H28N4O3. The Kier molecular flexibility index (Phi) is 9.24. The number of amides is 3. The minimum Gasteiger partial charge on any atom is -0.355 e. The van der Waals surface area contributed by atoms with Crippen LogP contribution >= 0.6 is 0 Å². The fourth-order valence-electron chi connectivity index (χ4n) is 2.30. The minimum absolute atomic E-state index is 0.0669. The Morgan fingerprint density at radius 3 is 1.96 bits per heavy atom. The lowest BCUT2D eigenvalue weighted by Crippen LogP contribution is -2.41. The van der Waals surface area contributed by atoms with E-state index in [-0.39, 0.29) is 30.8 Å². The van der Waals surface area contributed by atoms with E-state index in [2.05, 4.69) is 16.0 Å². The molecule has 138 valence electrons. The van der Waals surface area contributed by atoms with Gasteiger partial charge in [-0.3, -0.25) is 19.3 Å². The summed E-state index contributed by atoms with van der Waals surface area (Å²) in [6, 6.07) is 6.89. The summed E-state index contributed by atoms with van der Waals surface area (Å²) in [4.78, 5) is 36.9. The summed E-state index contributed by atoms with van der Waals surface area (Å²) in [7, 11) is 0. The van der Waals surface area contributed by atoms with E-state index in [0.29, 0.717) is 24.5 Å². The highest BCUT2D eigenvalue weighted by Crippen LogP contribution is 2.13. The highest BCUT2D eigenvalue weighted by molar-refractivity contribution is 5.93. The third kappa shape index (κ3) is 8.85. The van der Waals surface area contributed by atoms with Crippen molar-refractivity contribution in [1.82, 2.24) is 10.2 Å². The molecule has 7 nitrogen and oxygen atoms in total. The van der Waals surface area contributed by atoms with Crippen LogP contribution in [0, 0.1) is 0 Å². The van der Waals surface area contributed by atoms with Crippen molar-refractivity contribution in [3.05, 3.63) is 24.3 Å². The molecule has 0 radical (unpaired) electrons. The highest BCUT2D eigenvalue weighted by Gasteiger charge is 2.14. The molecule has 0 aliphatic heterocycles. The SMILES string of the molecule is CCCNC(=O)CN(CCC)CC(=O)Nc1ccc(NC(C)=O)cc1. The zero-order chi connectivity index (χ0) is 18.7. The summed E-state index contributed by atoms with van der Waals surface area (Å²) in [5.74, 6) is -0.389. The van der Waals surface area contributed by atoms with Crippen LogP contribution in [0.4, 0.5) is 11.4 Å². The number of hydrogen-bond acceptors (Lipinski definition) is 4. The molecule has 0 saturated heterocycles. The molecule has 25 heavy (non-hydrogen) atoms. The van der Waals surface area contributed by atoms with Gasteiger partial charge in [-0.15, -0.1) is 0 Å². The van der Waals surface area contributed by atoms with Crippen LogP contribution in [0.2, 0.25) is 0 Å². The van der Waals surface area contributed by atoms with Crippen molar-refractivity contribution < 1.29 is 14.4 Å². The first-order valence-electron chi connectivity index (χ1n) is 8.61. The molecule has 0 spiro atoms. The van der Waals surface area contributed by atoms with E-state index in [4.69, 9.17) is 0 Å². The molecule has 1 aromatic carbocycles. The van der Waals surface area contributed by atoms with E-state index < -0.39 is 0 Å². The third-order valence-electron chi connectivity index (χ3n) is 3.34. The van der Waals surface area contributed by atoms with Gasteiger partial charge in [0.1, 0.15) is 0 Å². The van der Waals surface area contributed by atoms with Crippen molar-refractivity contribution in [3.63, 3.8) is 0 Å². The maximum Gasteiger partial charge on any atom is 0.238 e. The lowest BCUT2D eigenvalue weighted by Gasteiger charge is -2.20. The highest BCUT2D eigenvalue weighted by atomic mass is 16.2. The molecule has 0 fully saturated rings. The first-order chi connectivity index (χ1) is 11.9. The van der Waals surface area contributed by atoms with Crippen molar-refractivity contribution >= 4 is 29.1 Å². The number of nitrogens with one attached hydrogen (secondary N) is 3. The quantitative estimate of drug-likeness (QED) is 0.602. The maximum absolute atomic E-state index is 12.2. The number of nitrogens with zero attached hydrogens (tertiary/aromatic N) is 1. The monoisotopic (exact) mass is 348 g/mol. The second kappa shape index (κ2) is 11.2. The molecule has 1 aromatic rings. The van der Waals surface area contributed by atoms with Gasteiger partial charge in [-0.2, -0.15) is 0 Å². The lowest BCUT2D eigenvalue weighted by atomic mass is 10.2. The Labute approximate surface area is 149 Å². The van der Waals surface area contributed by atoms with Gasteiger partial charge in [-0.1, -0.05) is 13.8 Å². The van der Waals surface area contributed by atoms with Crippen LogP contribution < -0.4 is 16.0 Å². The summed E-state index contributed by atoms with van der Waals surface area (Å²) in [5, 5.41) is 8.29. The van der Waals surface area contributed by atoms with Crippen LogP contribution in [-0.2, 0) is 14.4 Å². The number of benzene rings is 1. The van der Waals surface area contributed by atoms with Crippen molar-refractivity contribution in [3.8, 4) is 0 Å². The van der Waals surface area contributed by atoms with Gasteiger partial charge in [0.2, 0.25) is 17.7 Å². The van der Waals surface area contributed by atoms with Gasteiger partial charge in [0.25, 0.3) is 0 Å². The van der Waals surface area contributed by atoms with E-state index >= 15 is 0 Å². The van der Waals surface area contributed by atoms with Gasteiger partial charge in [0, 0.05) is 24.8 Å². The standard InChI is InChI=1S/C18H28N4O3/c1-4-10-19-17(24)12-22(11-5-2)13-18(25)21-16-8-6-15(7-9-16)20-14(3)23/h6-9H,4-5,10-13H2,1-3H3,(H,19,24)(H,20,23)(H,21,25). The zero-order valence-electron chi connectivity index (χ0n) is 15.2. The molecule has 0 aromatic heterocycles. The molecule has 1 rings (SSSR count). The van der Waals surface area contributed by atoms with Crippen LogP contribution in [0.3, 0.4) is 0 Å². The van der Waals surface area contributed by atoms with Crippen molar-refractivity contribution in [2.45, 2.75) is 33.6 Å². The zero-order valence-corrected chi connectivity index (χ0v) is 15.2. The van der Waals surface area contributed by atoms with E-state index in [1.807, 2.05) is 18.7 Å². The molecule has 0 heterocycles. The molecular weight excluding hydrogens is 320 g/mol. The Hall–Kier alpha value is -2.41. The summed E-state index contributed by atoms with van der Waals surface area (Å²) >= 11 is 0. The summed E-state index contributed by atoms with van der Waals surface area (Å²) in [6.07, 6.45) is 1.74. The Balaban J connectivity index is 2.53. The number of hydrogen-bond donors (Lipinski definition) is 3. The molecule has 3 N–H and O–H groups in total. The molecule has 0 bridgehead atoms. The smallest absolute Gasteiger partial charge is 0.238 e. The van der Waals surface area contributed by atoms with Crippen LogP contribution in [0.5, 0.6) is 0 Å². The van der Waals surface area contributed by atoms with Crippen LogP contribution in [0.15, 0.2) is 24.3 Å². The number of carbonyl (C=O) groups is 3. The van der Waals surface area contributed by atoms with Gasteiger partial charge in [0.05, 0.1) is 13.1 Å². The number of carbonyl (C=O) groups excluding carboxylic acids is 3. The van der Waals surface area contributed by atoms with Gasteiger partial charge in [0.15, 0.2) is 0 Å². The van der Waals surface area contributed by atoms with E-state index in [0.717, 1.165) is 12.8 Å². The van der Waals surface area contributed by atoms with E-state index in [1.54, 1.807) is 24.3 Å². The number of rotatable bonds is 10. The topological polar surface area (TPSA) is 90.5 Å². The van der Waals surface area contributed by atoms with E-state index in [1.165, 1.54) is 6.92 Å². The van der Waals surface area contributed by atoms with Crippen LogP contribution in [-0.4, -0.2) is 48.8 Å². The van der Waals surface area contributed by atoms with Crippen molar-refractivity contribution in [2.24, 2.45) is 0 Å². The Morgan fingerprint density at radius 1 is 0.880 bits per heavy atom. The van der Waals surface area contributed by atoms with Crippen molar-refractivity contribution in [2.75, 3.05) is 36.8 Å². The molecule has 3 amide bonds. The normalized spacial score (nSPS) is 10.4. The van der Waals surface area contributed by atoms with Gasteiger partial charge in [-0.05, 0) is 43.7 Å². The lowest BCUT2D eigenvalue weighted by molar-refractivity contribution is -0.123.